The van der Waals surface area contributed by atoms with E-state index >= 15 is 0 Å². The SMILES string of the molecule is CC(=O)N1CCc2ccc(N(C(=O)/C=C/c3cccc([N+](=O)[O-])c3)C3CCN(CCC4CCCC4)CC3)cc21. The minimum absolute atomic E-state index is 0.00455. The Bertz CT molecular complexity index is 1240. The van der Waals surface area contributed by atoms with Crippen molar-refractivity contribution in [3.8, 4) is 0 Å². The average molecular weight is 531 g/mol. The summed E-state index contributed by atoms with van der Waals surface area (Å²) in [5, 5.41) is 11.2. The van der Waals surface area contributed by atoms with Crippen molar-refractivity contribution in [3.05, 3.63) is 69.8 Å². The quantitative estimate of drug-likeness (QED) is 0.252. The molecule has 8 heteroatoms. The van der Waals surface area contributed by atoms with E-state index in [2.05, 4.69) is 4.90 Å². The van der Waals surface area contributed by atoms with Gasteiger partial charge in [0, 0.05) is 62.2 Å². The van der Waals surface area contributed by atoms with Gasteiger partial charge in [0.1, 0.15) is 0 Å². The number of carbonyl (C=O) groups excluding carboxylic acids is 2. The first-order chi connectivity index (χ1) is 18.9. The monoisotopic (exact) mass is 530 g/mol. The third kappa shape index (κ3) is 6.38. The van der Waals surface area contributed by atoms with Gasteiger partial charge in [0.05, 0.1) is 4.92 Å². The highest BCUT2D eigenvalue weighted by Crippen LogP contribution is 2.35. The molecule has 0 N–H and O–H groups in total. The number of non-ortho nitro benzene ring substituents is 1. The van der Waals surface area contributed by atoms with Crippen LogP contribution < -0.4 is 9.80 Å². The molecule has 1 saturated heterocycles. The molecule has 206 valence electrons. The van der Waals surface area contributed by atoms with E-state index in [4.69, 9.17) is 0 Å². The summed E-state index contributed by atoms with van der Waals surface area (Å²) >= 11 is 0. The lowest BCUT2D eigenvalue weighted by Crippen LogP contribution is -2.47. The summed E-state index contributed by atoms with van der Waals surface area (Å²) in [7, 11) is 0. The largest absolute Gasteiger partial charge is 0.312 e. The van der Waals surface area contributed by atoms with Crippen LogP contribution in [-0.2, 0) is 16.0 Å². The standard InChI is InChI=1S/C31H38N4O4/c1-23(36)33-20-14-26-10-11-28(22-30(26)33)34(31(37)12-9-25-7-4-8-29(21-25)35(38)39)27-15-18-32(19-16-27)17-13-24-5-2-3-6-24/h4,7-12,21-22,24,27H,2-3,5-6,13-20H2,1H3/b12-9+. The van der Waals surface area contributed by atoms with Crippen LogP contribution in [0.2, 0.25) is 0 Å². The predicted octanol–water partition coefficient (Wildman–Crippen LogP) is 5.59. The molecule has 0 bridgehead atoms. The van der Waals surface area contributed by atoms with E-state index in [1.165, 1.54) is 50.3 Å². The fourth-order valence-corrected chi connectivity index (χ4v) is 6.42. The van der Waals surface area contributed by atoms with Gasteiger partial charge in [-0.2, -0.15) is 0 Å². The first kappa shape index (κ1) is 27.1. The van der Waals surface area contributed by atoms with Gasteiger partial charge in [0.15, 0.2) is 0 Å². The van der Waals surface area contributed by atoms with Crippen molar-refractivity contribution in [1.82, 2.24) is 4.90 Å². The molecule has 2 aliphatic heterocycles. The van der Waals surface area contributed by atoms with Crippen molar-refractivity contribution >= 4 is 35.0 Å². The van der Waals surface area contributed by atoms with Gasteiger partial charge in [-0.05, 0) is 67.5 Å². The molecule has 2 aromatic carbocycles. The van der Waals surface area contributed by atoms with Crippen molar-refractivity contribution in [3.63, 3.8) is 0 Å². The fraction of sp³-hybridized carbons (Fsp3) is 0.484. The topological polar surface area (TPSA) is 87.0 Å². The zero-order chi connectivity index (χ0) is 27.4. The number of anilines is 2. The number of amides is 2. The number of piperidine rings is 1. The maximum absolute atomic E-state index is 13.7. The molecule has 2 fully saturated rings. The number of fused-ring (bicyclic) bond motifs is 1. The smallest absolute Gasteiger partial charge is 0.270 e. The van der Waals surface area contributed by atoms with Crippen molar-refractivity contribution in [2.45, 2.75) is 64.3 Å². The number of nitrogens with zero attached hydrogens (tertiary/aromatic N) is 4. The Morgan fingerprint density at radius 1 is 1.05 bits per heavy atom. The number of likely N-dealkylation sites (tertiary alicyclic amines) is 1. The van der Waals surface area contributed by atoms with Crippen molar-refractivity contribution in [2.24, 2.45) is 5.92 Å². The Kier molecular flexibility index (Phi) is 8.41. The molecule has 8 nitrogen and oxygen atoms in total. The summed E-state index contributed by atoms with van der Waals surface area (Å²) in [6.45, 7) is 5.28. The number of benzene rings is 2. The Balaban J connectivity index is 1.35. The zero-order valence-corrected chi connectivity index (χ0v) is 22.8. The van der Waals surface area contributed by atoms with Gasteiger partial charge in [-0.3, -0.25) is 19.7 Å². The molecular formula is C31H38N4O4. The number of rotatable bonds is 8. The van der Waals surface area contributed by atoms with E-state index in [1.54, 1.807) is 30.0 Å². The number of hydrogen-bond acceptors (Lipinski definition) is 5. The molecule has 2 aromatic rings. The molecule has 5 rings (SSSR count). The predicted molar refractivity (Wildman–Crippen MR) is 154 cm³/mol. The second-order valence-electron chi connectivity index (χ2n) is 11.1. The van der Waals surface area contributed by atoms with Crippen LogP contribution in [0.15, 0.2) is 48.5 Å². The van der Waals surface area contributed by atoms with Crippen LogP contribution in [0.4, 0.5) is 17.1 Å². The zero-order valence-electron chi connectivity index (χ0n) is 22.8. The highest BCUT2D eigenvalue weighted by atomic mass is 16.6. The molecule has 1 saturated carbocycles. The molecule has 2 heterocycles. The molecule has 0 radical (unpaired) electrons. The Morgan fingerprint density at radius 2 is 1.82 bits per heavy atom. The van der Waals surface area contributed by atoms with Gasteiger partial charge in [0.25, 0.3) is 11.6 Å². The minimum Gasteiger partial charge on any atom is -0.312 e. The Morgan fingerprint density at radius 3 is 2.54 bits per heavy atom. The summed E-state index contributed by atoms with van der Waals surface area (Å²) in [6.07, 6.45) is 12.5. The highest BCUT2D eigenvalue weighted by molar-refractivity contribution is 6.05. The summed E-state index contributed by atoms with van der Waals surface area (Å²) in [5.74, 6) is 0.721. The lowest BCUT2D eigenvalue weighted by atomic mass is 9.99. The highest BCUT2D eigenvalue weighted by Gasteiger charge is 2.31. The fourth-order valence-electron chi connectivity index (χ4n) is 6.42. The van der Waals surface area contributed by atoms with Gasteiger partial charge in [-0.15, -0.1) is 0 Å². The molecule has 0 aromatic heterocycles. The molecular weight excluding hydrogens is 492 g/mol. The molecule has 1 aliphatic carbocycles. The van der Waals surface area contributed by atoms with Gasteiger partial charge in [0.2, 0.25) is 5.91 Å². The van der Waals surface area contributed by atoms with E-state index in [1.807, 2.05) is 23.1 Å². The average Bonchev–Trinajstić information content (AvgIpc) is 3.62. The van der Waals surface area contributed by atoms with Gasteiger partial charge >= 0.3 is 0 Å². The summed E-state index contributed by atoms with van der Waals surface area (Å²) < 4.78 is 0. The van der Waals surface area contributed by atoms with Gasteiger partial charge in [-0.25, -0.2) is 0 Å². The first-order valence-electron chi connectivity index (χ1n) is 14.3. The lowest BCUT2D eigenvalue weighted by Gasteiger charge is -2.38. The van der Waals surface area contributed by atoms with E-state index in [9.17, 15) is 19.7 Å². The van der Waals surface area contributed by atoms with Gasteiger partial charge in [-0.1, -0.05) is 43.9 Å². The molecule has 0 atom stereocenters. The summed E-state index contributed by atoms with van der Waals surface area (Å²) in [6, 6.07) is 12.3. The molecule has 2 amide bonds. The number of nitro groups is 1. The first-order valence-corrected chi connectivity index (χ1v) is 14.3. The van der Waals surface area contributed by atoms with Crippen molar-refractivity contribution in [2.75, 3.05) is 36.0 Å². The van der Waals surface area contributed by atoms with Crippen molar-refractivity contribution < 1.29 is 14.5 Å². The van der Waals surface area contributed by atoms with Crippen LogP contribution in [0.3, 0.4) is 0 Å². The van der Waals surface area contributed by atoms with Crippen LogP contribution in [0.25, 0.3) is 6.08 Å². The van der Waals surface area contributed by atoms with E-state index in [0.29, 0.717) is 12.1 Å². The molecule has 39 heavy (non-hydrogen) atoms. The second kappa shape index (κ2) is 12.1. The number of hydrogen-bond donors (Lipinski definition) is 0. The van der Waals surface area contributed by atoms with Crippen LogP contribution in [0, 0.1) is 16.0 Å². The third-order valence-electron chi connectivity index (χ3n) is 8.61. The maximum Gasteiger partial charge on any atom is 0.270 e. The maximum atomic E-state index is 13.7. The molecule has 3 aliphatic rings. The second-order valence-corrected chi connectivity index (χ2v) is 11.1. The van der Waals surface area contributed by atoms with Crippen LogP contribution in [0.5, 0.6) is 0 Å². The molecule has 0 unspecified atom stereocenters. The number of carbonyl (C=O) groups is 2. The minimum atomic E-state index is -0.433. The molecule has 0 spiro atoms. The van der Waals surface area contributed by atoms with E-state index < -0.39 is 4.92 Å². The van der Waals surface area contributed by atoms with Crippen molar-refractivity contribution in [1.29, 1.82) is 0 Å². The number of nitro benzene ring substituents is 1. The normalized spacial score (nSPS) is 18.5. The Labute approximate surface area is 230 Å². The van der Waals surface area contributed by atoms with E-state index in [-0.39, 0.29) is 23.5 Å². The van der Waals surface area contributed by atoms with Gasteiger partial charge < -0.3 is 14.7 Å². The summed E-state index contributed by atoms with van der Waals surface area (Å²) in [4.78, 5) is 42.9. The van der Waals surface area contributed by atoms with Crippen LogP contribution in [0.1, 0.15) is 63.0 Å². The Hall–Kier alpha value is -3.52. The summed E-state index contributed by atoms with van der Waals surface area (Å²) in [5.41, 5.74) is 3.40. The third-order valence-corrected chi connectivity index (χ3v) is 8.61. The van der Waals surface area contributed by atoms with Crippen LogP contribution in [-0.4, -0.2) is 53.9 Å². The lowest BCUT2D eigenvalue weighted by molar-refractivity contribution is -0.384. The van der Waals surface area contributed by atoms with Crippen LogP contribution >= 0.6 is 0 Å². The van der Waals surface area contributed by atoms with E-state index in [0.717, 1.165) is 61.8 Å².